The number of anilines is 1. The average molecular weight is 362 g/mol. The second-order valence-electron chi connectivity index (χ2n) is 6.67. The van der Waals surface area contributed by atoms with Crippen molar-refractivity contribution in [1.29, 1.82) is 5.26 Å². The van der Waals surface area contributed by atoms with Gasteiger partial charge in [-0.1, -0.05) is 18.2 Å². The number of hydrogen-bond donors (Lipinski definition) is 0. The largest absolute Gasteiger partial charge is 0.496 e. The average Bonchev–Trinajstić information content (AvgIpc) is 3.11. The van der Waals surface area contributed by atoms with E-state index in [2.05, 4.69) is 27.0 Å². The first kappa shape index (κ1) is 17.3. The summed E-state index contributed by atoms with van der Waals surface area (Å²) in [6.07, 6.45) is 1.86. The van der Waals surface area contributed by atoms with Crippen LogP contribution >= 0.6 is 0 Å². The molecule has 0 atom stereocenters. The van der Waals surface area contributed by atoms with Crippen LogP contribution in [0.4, 0.5) is 5.82 Å². The zero-order chi connectivity index (χ0) is 18.8. The smallest absolute Gasteiger partial charge is 0.165 e. The zero-order valence-corrected chi connectivity index (χ0v) is 15.6. The Labute approximate surface area is 158 Å². The van der Waals surface area contributed by atoms with Crippen LogP contribution in [0.5, 0.6) is 5.75 Å². The Hall–Kier alpha value is -3.11. The van der Waals surface area contributed by atoms with Crippen molar-refractivity contribution in [2.75, 3.05) is 44.7 Å². The molecule has 1 aliphatic heterocycles. The Morgan fingerprint density at radius 2 is 1.93 bits per heavy atom. The van der Waals surface area contributed by atoms with Crippen molar-refractivity contribution in [1.82, 2.24) is 19.5 Å². The molecule has 138 valence electrons. The van der Waals surface area contributed by atoms with Crippen molar-refractivity contribution in [3.05, 3.63) is 42.2 Å². The number of rotatable bonds is 4. The van der Waals surface area contributed by atoms with Crippen molar-refractivity contribution >= 4 is 11.5 Å². The maximum Gasteiger partial charge on any atom is 0.165 e. The highest BCUT2D eigenvalue weighted by Crippen LogP contribution is 2.33. The molecule has 3 aromatic rings. The molecule has 1 aliphatic rings. The summed E-state index contributed by atoms with van der Waals surface area (Å²) >= 11 is 0. The molecule has 0 saturated carbocycles. The van der Waals surface area contributed by atoms with Gasteiger partial charge < -0.3 is 9.64 Å². The number of fused-ring (bicyclic) bond motifs is 1. The SMILES string of the molecule is COc1ccccc1-c1cnn2c(N3CCN(CC#N)CC3)cc(C)nc12. The van der Waals surface area contributed by atoms with Gasteiger partial charge in [0.25, 0.3) is 0 Å². The number of piperazine rings is 1. The summed E-state index contributed by atoms with van der Waals surface area (Å²) in [5, 5.41) is 13.5. The van der Waals surface area contributed by atoms with Gasteiger partial charge in [0.15, 0.2) is 5.65 Å². The second kappa shape index (κ2) is 7.25. The molecule has 1 aromatic carbocycles. The minimum Gasteiger partial charge on any atom is -0.496 e. The number of para-hydroxylation sites is 1. The topological polar surface area (TPSA) is 69.7 Å². The molecule has 2 aromatic heterocycles. The number of ether oxygens (including phenoxy) is 1. The molecular weight excluding hydrogens is 340 g/mol. The number of methoxy groups -OCH3 is 1. The normalized spacial score (nSPS) is 15.1. The standard InChI is InChI=1S/C20H22N6O/c1-15-13-19(25-11-9-24(8-7-21)10-12-25)26-20(23-15)17(14-22-26)16-5-3-4-6-18(16)27-2/h3-6,13-14H,8-12H2,1-2H3. The van der Waals surface area contributed by atoms with Gasteiger partial charge in [-0.2, -0.15) is 14.9 Å². The molecule has 3 heterocycles. The lowest BCUT2D eigenvalue weighted by Crippen LogP contribution is -2.47. The lowest BCUT2D eigenvalue weighted by Gasteiger charge is -2.34. The molecule has 0 bridgehead atoms. The summed E-state index contributed by atoms with van der Waals surface area (Å²) in [4.78, 5) is 9.24. The van der Waals surface area contributed by atoms with Crippen LogP contribution < -0.4 is 9.64 Å². The van der Waals surface area contributed by atoms with Crippen LogP contribution in [0.25, 0.3) is 16.8 Å². The van der Waals surface area contributed by atoms with Crippen molar-refractivity contribution in [2.24, 2.45) is 0 Å². The van der Waals surface area contributed by atoms with E-state index in [1.54, 1.807) is 7.11 Å². The highest BCUT2D eigenvalue weighted by Gasteiger charge is 2.21. The van der Waals surface area contributed by atoms with Gasteiger partial charge in [0.2, 0.25) is 0 Å². The molecule has 4 rings (SSSR count). The van der Waals surface area contributed by atoms with E-state index in [0.717, 1.165) is 60.2 Å². The molecule has 7 heteroatoms. The lowest BCUT2D eigenvalue weighted by molar-refractivity contribution is 0.286. The lowest BCUT2D eigenvalue weighted by atomic mass is 10.1. The van der Waals surface area contributed by atoms with E-state index >= 15 is 0 Å². The summed E-state index contributed by atoms with van der Waals surface area (Å²) < 4.78 is 7.43. The van der Waals surface area contributed by atoms with Gasteiger partial charge in [-0.05, 0) is 13.0 Å². The third-order valence-corrected chi connectivity index (χ3v) is 4.97. The maximum atomic E-state index is 8.90. The predicted molar refractivity (Wildman–Crippen MR) is 104 cm³/mol. The maximum absolute atomic E-state index is 8.90. The number of aryl methyl sites for hydroxylation is 1. The van der Waals surface area contributed by atoms with Gasteiger partial charge in [-0.25, -0.2) is 4.98 Å². The molecule has 27 heavy (non-hydrogen) atoms. The van der Waals surface area contributed by atoms with Gasteiger partial charge in [0.1, 0.15) is 11.6 Å². The van der Waals surface area contributed by atoms with Crippen molar-refractivity contribution in [3.63, 3.8) is 0 Å². The van der Waals surface area contributed by atoms with Crippen LogP contribution in [0.2, 0.25) is 0 Å². The van der Waals surface area contributed by atoms with Crippen molar-refractivity contribution in [3.8, 4) is 22.9 Å². The quantitative estimate of drug-likeness (QED) is 0.664. The molecule has 0 unspecified atom stereocenters. The number of nitriles is 1. The van der Waals surface area contributed by atoms with E-state index in [0.29, 0.717) is 6.54 Å². The number of aromatic nitrogens is 3. The highest BCUT2D eigenvalue weighted by atomic mass is 16.5. The summed E-state index contributed by atoms with van der Waals surface area (Å²) in [6.45, 7) is 5.97. The first-order valence-corrected chi connectivity index (χ1v) is 9.04. The molecule has 0 aliphatic carbocycles. The predicted octanol–water partition coefficient (Wildman–Crippen LogP) is 2.36. The molecule has 1 fully saturated rings. The van der Waals surface area contributed by atoms with E-state index in [1.807, 2.05) is 41.9 Å². The highest BCUT2D eigenvalue weighted by molar-refractivity contribution is 5.82. The van der Waals surface area contributed by atoms with Crippen LogP contribution in [0, 0.1) is 18.3 Å². The van der Waals surface area contributed by atoms with Crippen LogP contribution in [-0.4, -0.2) is 59.3 Å². The van der Waals surface area contributed by atoms with Crippen LogP contribution in [-0.2, 0) is 0 Å². The number of benzene rings is 1. The molecule has 0 spiro atoms. The Bertz CT molecular complexity index is 997. The van der Waals surface area contributed by atoms with Gasteiger partial charge in [0, 0.05) is 43.5 Å². The van der Waals surface area contributed by atoms with E-state index in [4.69, 9.17) is 15.0 Å². The van der Waals surface area contributed by atoms with E-state index in [1.165, 1.54) is 0 Å². The van der Waals surface area contributed by atoms with E-state index in [9.17, 15) is 0 Å². The van der Waals surface area contributed by atoms with Gasteiger partial charge in [-0.3, -0.25) is 4.90 Å². The fourth-order valence-electron chi connectivity index (χ4n) is 3.58. The first-order chi connectivity index (χ1) is 13.2. The molecule has 0 N–H and O–H groups in total. The van der Waals surface area contributed by atoms with Gasteiger partial charge >= 0.3 is 0 Å². The fraction of sp³-hybridized carbons (Fsp3) is 0.350. The molecule has 7 nitrogen and oxygen atoms in total. The van der Waals surface area contributed by atoms with E-state index in [-0.39, 0.29) is 0 Å². The summed E-state index contributed by atoms with van der Waals surface area (Å²) in [6, 6.07) is 12.2. The third kappa shape index (κ3) is 3.20. The van der Waals surface area contributed by atoms with Crippen LogP contribution in [0.1, 0.15) is 5.69 Å². The van der Waals surface area contributed by atoms with Crippen molar-refractivity contribution < 1.29 is 4.74 Å². The van der Waals surface area contributed by atoms with Crippen molar-refractivity contribution in [2.45, 2.75) is 6.92 Å². The minimum absolute atomic E-state index is 0.484. The Morgan fingerprint density at radius 3 is 2.67 bits per heavy atom. The molecule has 1 saturated heterocycles. The second-order valence-corrected chi connectivity index (χ2v) is 6.67. The molecule has 0 amide bonds. The fourth-order valence-corrected chi connectivity index (χ4v) is 3.58. The Morgan fingerprint density at radius 1 is 1.15 bits per heavy atom. The molecule has 0 radical (unpaired) electrons. The monoisotopic (exact) mass is 362 g/mol. The summed E-state index contributed by atoms with van der Waals surface area (Å²) in [5.74, 6) is 1.85. The first-order valence-electron chi connectivity index (χ1n) is 9.04. The van der Waals surface area contributed by atoms with Crippen LogP contribution in [0.3, 0.4) is 0 Å². The Kier molecular flexibility index (Phi) is 4.65. The minimum atomic E-state index is 0.484. The van der Waals surface area contributed by atoms with Gasteiger partial charge in [-0.15, -0.1) is 0 Å². The van der Waals surface area contributed by atoms with Crippen LogP contribution in [0.15, 0.2) is 36.5 Å². The van der Waals surface area contributed by atoms with Gasteiger partial charge in [0.05, 0.1) is 31.5 Å². The number of hydrogen-bond acceptors (Lipinski definition) is 6. The summed E-state index contributed by atoms with van der Waals surface area (Å²) in [7, 11) is 1.68. The number of nitrogens with zero attached hydrogens (tertiary/aromatic N) is 6. The third-order valence-electron chi connectivity index (χ3n) is 4.97. The summed E-state index contributed by atoms with van der Waals surface area (Å²) in [5.41, 5.74) is 3.72. The molecular formula is C20H22N6O. The zero-order valence-electron chi connectivity index (χ0n) is 15.6. The Balaban J connectivity index is 1.74. The van der Waals surface area contributed by atoms with E-state index < -0.39 is 0 Å².